The Morgan fingerprint density at radius 2 is 2.19 bits per heavy atom. The SMILES string of the molecule is CCc1nn(CC)c(Cn2cccc2CNC2CC2)c1Cl. The molecule has 0 aliphatic heterocycles. The summed E-state index contributed by atoms with van der Waals surface area (Å²) in [5.41, 5.74) is 3.41. The van der Waals surface area contributed by atoms with Crippen molar-refractivity contribution >= 4 is 11.6 Å². The molecular weight excluding hydrogens is 284 g/mol. The van der Waals surface area contributed by atoms with Crippen molar-refractivity contribution in [1.29, 1.82) is 0 Å². The van der Waals surface area contributed by atoms with Crippen LogP contribution in [-0.4, -0.2) is 20.4 Å². The summed E-state index contributed by atoms with van der Waals surface area (Å²) in [6.45, 7) is 6.77. The molecular formula is C16H23ClN4. The molecule has 0 saturated heterocycles. The zero-order valence-corrected chi connectivity index (χ0v) is 13.5. The van der Waals surface area contributed by atoms with Crippen LogP contribution in [0.5, 0.6) is 0 Å². The molecule has 0 unspecified atom stereocenters. The van der Waals surface area contributed by atoms with Crippen LogP contribution in [0, 0.1) is 0 Å². The number of hydrogen-bond donors (Lipinski definition) is 1. The Morgan fingerprint density at radius 1 is 1.38 bits per heavy atom. The van der Waals surface area contributed by atoms with E-state index in [-0.39, 0.29) is 0 Å². The van der Waals surface area contributed by atoms with Gasteiger partial charge < -0.3 is 9.88 Å². The Kier molecular flexibility index (Phi) is 4.36. The van der Waals surface area contributed by atoms with Crippen molar-refractivity contribution in [2.24, 2.45) is 0 Å². The Hall–Kier alpha value is -1.26. The van der Waals surface area contributed by atoms with Gasteiger partial charge in [-0.25, -0.2) is 0 Å². The van der Waals surface area contributed by atoms with E-state index in [1.54, 1.807) is 0 Å². The van der Waals surface area contributed by atoms with Gasteiger partial charge in [-0.3, -0.25) is 4.68 Å². The van der Waals surface area contributed by atoms with E-state index in [1.807, 2.05) is 4.68 Å². The van der Waals surface area contributed by atoms with Crippen molar-refractivity contribution in [2.75, 3.05) is 0 Å². The molecule has 0 aromatic carbocycles. The second kappa shape index (κ2) is 6.24. The lowest BCUT2D eigenvalue weighted by molar-refractivity contribution is 0.578. The van der Waals surface area contributed by atoms with E-state index in [9.17, 15) is 0 Å². The first-order valence-corrected chi connectivity index (χ1v) is 8.22. The van der Waals surface area contributed by atoms with Crippen LogP contribution in [0.3, 0.4) is 0 Å². The van der Waals surface area contributed by atoms with Crippen molar-refractivity contribution < 1.29 is 0 Å². The Balaban J connectivity index is 1.79. The lowest BCUT2D eigenvalue weighted by Gasteiger charge is -2.11. The molecule has 0 bridgehead atoms. The minimum absolute atomic E-state index is 0.727. The Morgan fingerprint density at radius 3 is 2.86 bits per heavy atom. The van der Waals surface area contributed by atoms with Crippen LogP contribution in [0.2, 0.25) is 5.02 Å². The molecule has 4 nitrogen and oxygen atoms in total. The molecule has 2 aromatic rings. The smallest absolute Gasteiger partial charge is 0.0868 e. The first-order chi connectivity index (χ1) is 10.2. The number of aryl methyl sites for hydroxylation is 2. The Bertz CT molecular complexity index is 610. The Labute approximate surface area is 131 Å². The van der Waals surface area contributed by atoms with Crippen LogP contribution in [0.4, 0.5) is 0 Å². The lowest BCUT2D eigenvalue weighted by Crippen LogP contribution is -2.19. The van der Waals surface area contributed by atoms with E-state index in [2.05, 4.69) is 47.2 Å². The first-order valence-electron chi connectivity index (χ1n) is 7.84. The molecule has 114 valence electrons. The number of rotatable bonds is 7. The summed E-state index contributed by atoms with van der Waals surface area (Å²) < 4.78 is 4.29. The minimum atomic E-state index is 0.727. The molecule has 5 heteroatoms. The zero-order valence-electron chi connectivity index (χ0n) is 12.8. The summed E-state index contributed by atoms with van der Waals surface area (Å²) in [7, 11) is 0. The number of nitrogens with zero attached hydrogens (tertiary/aromatic N) is 3. The van der Waals surface area contributed by atoms with Gasteiger partial charge in [0.15, 0.2) is 0 Å². The first kappa shape index (κ1) is 14.7. The van der Waals surface area contributed by atoms with Crippen molar-refractivity contribution in [1.82, 2.24) is 19.7 Å². The number of hydrogen-bond acceptors (Lipinski definition) is 2. The molecule has 1 saturated carbocycles. The van der Waals surface area contributed by atoms with Gasteiger partial charge in [0.1, 0.15) is 0 Å². The minimum Gasteiger partial charge on any atom is -0.344 e. The van der Waals surface area contributed by atoms with E-state index >= 15 is 0 Å². The van der Waals surface area contributed by atoms with E-state index in [0.717, 1.165) is 48.5 Å². The van der Waals surface area contributed by atoms with Gasteiger partial charge in [-0.2, -0.15) is 5.10 Å². The maximum Gasteiger partial charge on any atom is 0.0868 e. The van der Waals surface area contributed by atoms with Crippen LogP contribution in [0.15, 0.2) is 18.3 Å². The molecule has 0 radical (unpaired) electrons. The lowest BCUT2D eigenvalue weighted by atomic mass is 10.3. The van der Waals surface area contributed by atoms with E-state index < -0.39 is 0 Å². The summed E-state index contributed by atoms with van der Waals surface area (Å²) in [6.07, 6.45) is 5.63. The fourth-order valence-corrected chi connectivity index (χ4v) is 2.96. The van der Waals surface area contributed by atoms with Gasteiger partial charge in [-0.1, -0.05) is 18.5 Å². The van der Waals surface area contributed by atoms with E-state index in [1.165, 1.54) is 18.5 Å². The standard InChI is InChI=1S/C16H23ClN4/c1-3-14-16(17)15(21(4-2)19-14)11-20-9-5-6-13(20)10-18-12-7-8-12/h5-6,9,12,18H,3-4,7-8,10-11H2,1-2H3. The molecule has 2 heterocycles. The van der Waals surface area contributed by atoms with Gasteiger partial charge in [0.05, 0.1) is 23.0 Å². The van der Waals surface area contributed by atoms with E-state index in [0.29, 0.717) is 0 Å². The van der Waals surface area contributed by atoms with Crippen molar-refractivity contribution in [3.63, 3.8) is 0 Å². The second-order valence-corrected chi connectivity index (χ2v) is 6.04. The third kappa shape index (κ3) is 3.16. The summed E-state index contributed by atoms with van der Waals surface area (Å²) in [5, 5.41) is 8.99. The average molecular weight is 307 g/mol. The number of aromatic nitrogens is 3. The molecule has 0 amide bonds. The molecule has 21 heavy (non-hydrogen) atoms. The highest BCUT2D eigenvalue weighted by Gasteiger charge is 2.21. The van der Waals surface area contributed by atoms with Gasteiger partial charge in [-0.15, -0.1) is 0 Å². The van der Waals surface area contributed by atoms with Gasteiger partial charge >= 0.3 is 0 Å². The molecule has 3 rings (SSSR count). The molecule has 0 spiro atoms. The third-order valence-corrected chi connectivity index (χ3v) is 4.52. The topological polar surface area (TPSA) is 34.8 Å². The van der Waals surface area contributed by atoms with Crippen molar-refractivity contribution in [3.05, 3.63) is 40.4 Å². The molecule has 2 aromatic heterocycles. The summed E-state index contributed by atoms with van der Waals surface area (Å²) in [6, 6.07) is 5.01. The van der Waals surface area contributed by atoms with Crippen LogP contribution in [0.1, 0.15) is 43.8 Å². The van der Waals surface area contributed by atoms with E-state index in [4.69, 9.17) is 11.6 Å². The summed E-state index contributed by atoms with van der Waals surface area (Å²) in [5.74, 6) is 0. The zero-order chi connectivity index (χ0) is 14.8. The second-order valence-electron chi connectivity index (χ2n) is 5.66. The maximum absolute atomic E-state index is 6.50. The van der Waals surface area contributed by atoms with Gasteiger partial charge in [0, 0.05) is 31.0 Å². The molecule has 1 aliphatic rings. The summed E-state index contributed by atoms with van der Waals surface area (Å²) in [4.78, 5) is 0. The quantitative estimate of drug-likeness (QED) is 0.852. The monoisotopic (exact) mass is 306 g/mol. The third-order valence-electron chi connectivity index (χ3n) is 4.09. The van der Waals surface area contributed by atoms with Crippen LogP contribution < -0.4 is 5.32 Å². The normalized spacial score (nSPS) is 14.8. The van der Waals surface area contributed by atoms with Crippen LogP contribution in [0.25, 0.3) is 0 Å². The largest absolute Gasteiger partial charge is 0.344 e. The molecule has 1 N–H and O–H groups in total. The fourth-order valence-electron chi connectivity index (χ4n) is 2.63. The number of halogens is 1. The molecule has 1 fully saturated rings. The maximum atomic E-state index is 6.50. The highest BCUT2D eigenvalue weighted by Crippen LogP contribution is 2.24. The average Bonchev–Trinajstić information content (AvgIpc) is 3.14. The van der Waals surface area contributed by atoms with Crippen LogP contribution >= 0.6 is 11.6 Å². The predicted molar refractivity (Wildman–Crippen MR) is 85.7 cm³/mol. The van der Waals surface area contributed by atoms with Crippen molar-refractivity contribution in [2.45, 2.75) is 58.8 Å². The van der Waals surface area contributed by atoms with Gasteiger partial charge in [-0.05, 0) is 38.3 Å². The highest BCUT2D eigenvalue weighted by molar-refractivity contribution is 6.31. The molecule has 0 atom stereocenters. The van der Waals surface area contributed by atoms with Crippen molar-refractivity contribution in [3.8, 4) is 0 Å². The van der Waals surface area contributed by atoms with Gasteiger partial charge in [0.25, 0.3) is 0 Å². The predicted octanol–water partition coefficient (Wildman–Crippen LogP) is 3.22. The fraction of sp³-hybridized carbons (Fsp3) is 0.562. The van der Waals surface area contributed by atoms with Gasteiger partial charge in [0.2, 0.25) is 0 Å². The summed E-state index contributed by atoms with van der Waals surface area (Å²) >= 11 is 6.50. The van der Waals surface area contributed by atoms with Crippen LogP contribution in [-0.2, 0) is 26.1 Å². The molecule has 1 aliphatic carbocycles. The highest BCUT2D eigenvalue weighted by atomic mass is 35.5. The number of nitrogens with one attached hydrogen (secondary N) is 1.